The molecule has 0 aliphatic rings. The van der Waals surface area contributed by atoms with Gasteiger partial charge in [0.05, 0.1) is 11.3 Å². The minimum Gasteiger partial charge on any atom is -0.443 e. The number of ether oxygens (including phenoxy) is 1. The van der Waals surface area contributed by atoms with Gasteiger partial charge in [-0.2, -0.15) is 16.2 Å². The molecular weight excluding hydrogens is 401 g/mol. The summed E-state index contributed by atoms with van der Waals surface area (Å²) >= 11 is 2.57. The molecule has 1 atom stereocenters. The lowest BCUT2D eigenvalue weighted by Gasteiger charge is -2.27. The van der Waals surface area contributed by atoms with E-state index in [4.69, 9.17) is 4.74 Å². The van der Waals surface area contributed by atoms with Crippen LogP contribution in [0.2, 0.25) is 0 Å². The molecule has 0 fully saturated rings. The molecule has 28 heavy (non-hydrogen) atoms. The summed E-state index contributed by atoms with van der Waals surface area (Å²) in [6, 6.07) is 3.16. The third-order valence-corrected chi connectivity index (χ3v) is 5.61. The maximum atomic E-state index is 14.1. The number of carbonyl (C=O) groups is 2. The van der Waals surface area contributed by atoms with Gasteiger partial charge in [-0.15, -0.1) is 0 Å². The standard InChI is InChI=1S/C19H24FN3O3S2/c1-11(10-27-6)16(24)23(18(25)26-19(3,4)5)17-12(2)22-15(28-17)13-8-7-9-21-14(13)20/h7-9,11H,10H2,1-6H3. The normalized spacial score (nSPS) is 12.5. The highest BCUT2D eigenvalue weighted by Gasteiger charge is 2.34. The van der Waals surface area contributed by atoms with E-state index < -0.39 is 23.6 Å². The molecule has 0 saturated heterocycles. The Morgan fingerprint density at radius 2 is 2.07 bits per heavy atom. The minimum absolute atomic E-state index is 0.218. The van der Waals surface area contributed by atoms with Gasteiger partial charge in [0.1, 0.15) is 15.6 Å². The third-order valence-electron chi connectivity index (χ3n) is 3.60. The molecule has 2 amide bonds. The lowest BCUT2D eigenvalue weighted by molar-refractivity contribution is -0.121. The van der Waals surface area contributed by atoms with E-state index in [1.165, 1.54) is 18.0 Å². The highest BCUT2D eigenvalue weighted by Crippen LogP contribution is 2.36. The summed E-state index contributed by atoms with van der Waals surface area (Å²) in [5.41, 5.74) is -0.107. The number of nitrogens with zero attached hydrogens (tertiary/aromatic N) is 3. The smallest absolute Gasteiger partial charge is 0.422 e. The SMILES string of the molecule is CSCC(C)C(=O)N(C(=O)OC(C)(C)C)c1sc(-c2cccnc2F)nc1C. The molecule has 2 heterocycles. The zero-order valence-corrected chi connectivity index (χ0v) is 18.4. The molecule has 9 heteroatoms. The van der Waals surface area contributed by atoms with E-state index in [0.29, 0.717) is 21.5 Å². The first-order valence-electron chi connectivity index (χ1n) is 8.69. The van der Waals surface area contributed by atoms with Gasteiger partial charge in [0.2, 0.25) is 11.9 Å². The number of hydrogen-bond donors (Lipinski definition) is 0. The summed E-state index contributed by atoms with van der Waals surface area (Å²) < 4.78 is 19.5. The van der Waals surface area contributed by atoms with E-state index in [9.17, 15) is 14.0 Å². The van der Waals surface area contributed by atoms with Crippen molar-refractivity contribution in [2.75, 3.05) is 16.9 Å². The van der Waals surface area contributed by atoms with Crippen LogP contribution in [-0.4, -0.2) is 39.6 Å². The second kappa shape index (κ2) is 9.00. The highest BCUT2D eigenvalue weighted by molar-refractivity contribution is 7.98. The van der Waals surface area contributed by atoms with E-state index in [1.807, 2.05) is 6.26 Å². The van der Waals surface area contributed by atoms with Gasteiger partial charge in [0.15, 0.2) is 0 Å². The van der Waals surface area contributed by atoms with E-state index >= 15 is 0 Å². The first kappa shape index (κ1) is 22.3. The van der Waals surface area contributed by atoms with Crippen LogP contribution in [0.15, 0.2) is 18.3 Å². The van der Waals surface area contributed by atoms with Crippen molar-refractivity contribution in [2.45, 2.75) is 40.2 Å². The predicted molar refractivity (Wildman–Crippen MR) is 111 cm³/mol. The summed E-state index contributed by atoms with van der Waals surface area (Å²) in [6.07, 6.45) is 2.47. The number of amides is 2. The van der Waals surface area contributed by atoms with Crippen molar-refractivity contribution >= 4 is 40.1 Å². The zero-order valence-electron chi connectivity index (χ0n) is 16.8. The fourth-order valence-electron chi connectivity index (χ4n) is 2.38. The second-order valence-electron chi connectivity index (χ2n) is 7.26. The molecule has 0 aliphatic heterocycles. The van der Waals surface area contributed by atoms with Gasteiger partial charge in [-0.3, -0.25) is 4.79 Å². The average molecular weight is 426 g/mol. The van der Waals surface area contributed by atoms with E-state index in [-0.39, 0.29) is 11.5 Å². The molecule has 2 rings (SSSR count). The van der Waals surface area contributed by atoms with Gasteiger partial charge < -0.3 is 4.74 Å². The lowest BCUT2D eigenvalue weighted by atomic mass is 10.2. The molecule has 0 radical (unpaired) electrons. The Balaban J connectivity index is 2.50. The van der Waals surface area contributed by atoms with Crippen LogP contribution in [-0.2, 0) is 9.53 Å². The Morgan fingerprint density at radius 3 is 2.64 bits per heavy atom. The lowest BCUT2D eigenvalue weighted by Crippen LogP contribution is -2.44. The zero-order chi connectivity index (χ0) is 21.1. The van der Waals surface area contributed by atoms with Crippen LogP contribution in [0.3, 0.4) is 0 Å². The summed E-state index contributed by atoms with van der Waals surface area (Å²) in [7, 11) is 0. The molecule has 0 aliphatic carbocycles. The Labute approximate surface area is 172 Å². The summed E-state index contributed by atoms with van der Waals surface area (Å²) in [5.74, 6) is -0.884. The van der Waals surface area contributed by atoms with Gasteiger partial charge in [-0.05, 0) is 46.1 Å². The largest absolute Gasteiger partial charge is 0.443 e. The van der Waals surface area contributed by atoms with Crippen LogP contribution < -0.4 is 4.90 Å². The molecule has 6 nitrogen and oxygen atoms in total. The number of imide groups is 1. The number of anilines is 1. The fourth-order valence-corrected chi connectivity index (χ4v) is 4.10. The van der Waals surface area contributed by atoms with Gasteiger partial charge in [0, 0.05) is 17.9 Å². The summed E-state index contributed by atoms with van der Waals surface area (Å²) in [4.78, 5) is 34.9. The molecule has 0 saturated carbocycles. The number of aromatic nitrogens is 2. The maximum absolute atomic E-state index is 14.1. The van der Waals surface area contributed by atoms with Crippen LogP contribution in [0.25, 0.3) is 10.6 Å². The molecule has 0 aromatic carbocycles. The monoisotopic (exact) mass is 425 g/mol. The molecule has 2 aromatic heterocycles. The van der Waals surface area contributed by atoms with Crippen molar-refractivity contribution in [2.24, 2.45) is 5.92 Å². The Morgan fingerprint density at radius 1 is 1.39 bits per heavy atom. The Bertz CT molecular complexity index is 864. The fraction of sp³-hybridized carbons (Fsp3) is 0.474. The minimum atomic E-state index is -0.769. The first-order chi connectivity index (χ1) is 13.0. The van der Waals surface area contributed by atoms with Crippen LogP contribution >= 0.6 is 23.1 Å². The van der Waals surface area contributed by atoms with Crippen molar-refractivity contribution in [1.82, 2.24) is 9.97 Å². The number of rotatable bonds is 5. The summed E-state index contributed by atoms with van der Waals surface area (Å²) in [5, 5.41) is 0.669. The molecule has 0 spiro atoms. The van der Waals surface area contributed by atoms with Gasteiger partial charge in [-0.1, -0.05) is 18.3 Å². The summed E-state index contributed by atoms with van der Waals surface area (Å²) in [6.45, 7) is 8.63. The van der Waals surface area contributed by atoms with Gasteiger partial charge >= 0.3 is 6.09 Å². The van der Waals surface area contributed by atoms with Crippen LogP contribution in [0.1, 0.15) is 33.4 Å². The average Bonchev–Trinajstić information content (AvgIpc) is 2.95. The number of thiazole rings is 1. The van der Waals surface area contributed by atoms with Crippen molar-refractivity contribution in [3.05, 3.63) is 30.0 Å². The number of thioether (sulfide) groups is 1. The van der Waals surface area contributed by atoms with Crippen LogP contribution in [0.5, 0.6) is 0 Å². The molecule has 1 unspecified atom stereocenters. The molecule has 0 N–H and O–H groups in total. The van der Waals surface area contributed by atoms with Gasteiger partial charge in [-0.25, -0.2) is 19.7 Å². The third kappa shape index (κ3) is 5.29. The molecule has 0 bridgehead atoms. The van der Waals surface area contributed by atoms with Crippen molar-refractivity contribution < 1.29 is 18.7 Å². The number of carbonyl (C=O) groups excluding carboxylic acids is 2. The highest BCUT2D eigenvalue weighted by atomic mass is 32.2. The quantitative estimate of drug-likeness (QED) is 0.633. The second-order valence-corrected chi connectivity index (χ2v) is 9.15. The van der Waals surface area contributed by atoms with Gasteiger partial charge in [0.25, 0.3) is 0 Å². The number of hydrogen-bond acceptors (Lipinski definition) is 7. The first-order valence-corrected chi connectivity index (χ1v) is 10.9. The van der Waals surface area contributed by atoms with Crippen molar-refractivity contribution in [3.63, 3.8) is 0 Å². The molecule has 2 aromatic rings. The van der Waals surface area contributed by atoms with E-state index in [2.05, 4.69) is 9.97 Å². The maximum Gasteiger partial charge on any atom is 0.422 e. The number of aryl methyl sites for hydroxylation is 1. The van der Waals surface area contributed by atoms with E-state index in [1.54, 1.807) is 46.8 Å². The van der Waals surface area contributed by atoms with Crippen LogP contribution in [0.4, 0.5) is 14.2 Å². The van der Waals surface area contributed by atoms with E-state index in [0.717, 1.165) is 16.2 Å². The Hall–Kier alpha value is -2.00. The predicted octanol–water partition coefficient (Wildman–Crippen LogP) is 4.92. The van der Waals surface area contributed by atoms with Crippen molar-refractivity contribution in [1.29, 1.82) is 0 Å². The number of pyridine rings is 1. The van der Waals surface area contributed by atoms with Crippen molar-refractivity contribution in [3.8, 4) is 10.6 Å². The van der Waals surface area contributed by atoms with Crippen LogP contribution in [0, 0.1) is 18.8 Å². The Kier molecular flexibility index (Phi) is 7.16. The topological polar surface area (TPSA) is 72.4 Å². The molecular formula is C19H24FN3O3S2. The molecule has 152 valence electrons. The number of halogens is 1.